The van der Waals surface area contributed by atoms with E-state index in [1.54, 1.807) is 32.8 Å². The van der Waals surface area contributed by atoms with Gasteiger partial charge in [-0.1, -0.05) is 29.8 Å². The van der Waals surface area contributed by atoms with Crippen molar-refractivity contribution in [3.63, 3.8) is 0 Å². The molecule has 2 fully saturated rings. The number of carbonyl (C=O) groups excluding carboxylic acids is 2. The highest BCUT2D eigenvalue weighted by atomic mass is 35.5. The Labute approximate surface area is 260 Å². The van der Waals surface area contributed by atoms with Crippen molar-refractivity contribution in [2.45, 2.75) is 39.0 Å². The number of amides is 3. The van der Waals surface area contributed by atoms with Gasteiger partial charge in [0.1, 0.15) is 23.8 Å². The summed E-state index contributed by atoms with van der Waals surface area (Å²) in [5.74, 6) is 0.798. The second-order valence-corrected chi connectivity index (χ2v) is 12.7. The number of hydrogen-bond donors (Lipinski definition) is 3. The quantitative estimate of drug-likeness (QED) is 0.377. The van der Waals surface area contributed by atoms with Crippen LogP contribution in [-0.4, -0.2) is 81.8 Å². The van der Waals surface area contributed by atoms with Crippen molar-refractivity contribution in [3.05, 3.63) is 69.9 Å². The topological polar surface area (TPSA) is 153 Å². The first-order chi connectivity index (χ1) is 20.3. The van der Waals surface area contributed by atoms with Gasteiger partial charge in [0.15, 0.2) is 0 Å². The SMILES string of the molecule is C=C(N)/N=C(\C1=C(N)CN(C(=O)NC2[C@H]3CN(C(=O)OC(C)(C)C)C[C@@H]23)C1)c1c(Cl)cc(Cl)cc1OCCn1cccn1. The fourth-order valence-electron chi connectivity index (χ4n) is 5.46. The van der Waals surface area contributed by atoms with Crippen LogP contribution in [-0.2, 0) is 11.3 Å². The van der Waals surface area contributed by atoms with Crippen molar-refractivity contribution in [3.8, 4) is 5.75 Å². The first kappa shape index (κ1) is 30.6. The number of benzene rings is 1. The molecule has 1 aromatic heterocycles. The summed E-state index contributed by atoms with van der Waals surface area (Å²) in [5.41, 5.74) is 13.7. The van der Waals surface area contributed by atoms with Crippen LogP contribution < -0.4 is 21.5 Å². The number of rotatable bonds is 8. The number of hydrogen-bond acceptors (Lipinski definition) is 8. The van der Waals surface area contributed by atoms with E-state index in [4.69, 9.17) is 44.1 Å². The van der Waals surface area contributed by atoms with Gasteiger partial charge in [0.25, 0.3) is 0 Å². The third kappa shape index (κ3) is 7.02. The van der Waals surface area contributed by atoms with Crippen LogP contribution in [0.4, 0.5) is 9.59 Å². The van der Waals surface area contributed by atoms with Gasteiger partial charge in [0, 0.05) is 59.7 Å². The number of nitrogens with zero attached hydrogens (tertiary/aromatic N) is 5. The van der Waals surface area contributed by atoms with Crippen molar-refractivity contribution in [2.75, 3.05) is 32.8 Å². The Balaban J connectivity index is 1.26. The van der Waals surface area contributed by atoms with Crippen LogP contribution in [0.2, 0.25) is 10.0 Å². The molecule has 1 unspecified atom stereocenters. The maximum absolute atomic E-state index is 13.3. The molecule has 0 spiro atoms. The highest BCUT2D eigenvalue weighted by Crippen LogP contribution is 2.46. The summed E-state index contributed by atoms with van der Waals surface area (Å²) in [6.07, 6.45) is 3.19. The molecule has 0 bridgehead atoms. The number of aromatic nitrogens is 2. The Bertz CT molecular complexity index is 1470. The molecule has 14 heteroatoms. The third-order valence-corrected chi connectivity index (χ3v) is 7.97. The number of piperidine rings is 1. The number of likely N-dealkylation sites (tertiary alicyclic amines) is 1. The Morgan fingerprint density at radius 3 is 2.53 bits per heavy atom. The van der Waals surface area contributed by atoms with Gasteiger partial charge in [-0.15, -0.1) is 0 Å². The van der Waals surface area contributed by atoms with Crippen LogP contribution >= 0.6 is 23.2 Å². The van der Waals surface area contributed by atoms with E-state index in [9.17, 15) is 9.59 Å². The summed E-state index contributed by atoms with van der Waals surface area (Å²) < 4.78 is 13.3. The lowest BCUT2D eigenvalue weighted by Gasteiger charge is -2.26. The molecule has 3 heterocycles. The van der Waals surface area contributed by atoms with Crippen LogP contribution in [0.3, 0.4) is 0 Å². The summed E-state index contributed by atoms with van der Waals surface area (Å²) in [5, 5.41) is 7.95. The smallest absolute Gasteiger partial charge is 0.410 e. The Hall–Kier alpha value is -3.90. The minimum atomic E-state index is -0.556. The molecule has 3 atom stereocenters. The fraction of sp³-hybridized carbons (Fsp3) is 0.448. The van der Waals surface area contributed by atoms with E-state index < -0.39 is 5.60 Å². The largest absolute Gasteiger partial charge is 0.491 e. The average Bonchev–Trinajstić information content (AvgIpc) is 3.38. The molecule has 12 nitrogen and oxygen atoms in total. The standard InChI is InChI=1S/C29H36Cl2N8O4/c1-16(32)35-26(24-21(31)10-17(30)11-23(24)42-9-8-39-7-5-6-34-39)20-14-37(15-22(20)33)27(40)36-25-18-12-38(13-19(18)25)28(41)43-29(2,3)4/h5-7,10-11,18-19,25H,1,8-9,12-15,32-33H2,2-4H3,(H,36,40)/b35-26+/t18-,19+,25?. The number of aliphatic imine (C=N–C) groups is 1. The summed E-state index contributed by atoms with van der Waals surface area (Å²) in [7, 11) is 0. The zero-order valence-corrected chi connectivity index (χ0v) is 25.9. The number of ether oxygens (including phenoxy) is 2. The van der Waals surface area contributed by atoms with Gasteiger partial charge in [0.05, 0.1) is 35.9 Å². The first-order valence-electron chi connectivity index (χ1n) is 13.9. The molecule has 5 N–H and O–H groups in total. The molecule has 230 valence electrons. The fourth-order valence-corrected chi connectivity index (χ4v) is 6.03. The van der Waals surface area contributed by atoms with Crippen LogP contribution in [0, 0.1) is 11.8 Å². The van der Waals surface area contributed by atoms with Crippen molar-refractivity contribution in [2.24, 2.45) is 28.3 Å². The highest BCUT2D eigenvalue weighted by Gasteiger charge is 2.58. The van der Waals surface area contributed by atoms with Gasteiger partial charge in [-0.05, 0) is 39.0 Å². The van der Waals surface area contributed by atoms with Crippen LogP contribution in [0.5, 0.6) is 5.75 Å². The summed E-state index contributed by atoms with van der Waals surface area (Å²) in [6.45, 7) is 11.5. The van der Waals surface area contributed by atoms with Crippen molar-refractivity contribution in [1.29, 1.82) is 0 Å². The maximum Gasteiger partial charge on any atom is 0.410 e. The monoisotopic (exact) mass is 630 g/mol. The van der Waals surface area contributed by atoms with Gasteiger partial charge in [-0.2, -0.15) is 5.10 Å². The van der Waals surface area contributed by atoms with Gasteiger partial charge >= 0.3 is 12.1 Å². The van der Waals surface area contributed by atoms with Crippen LogP contribution in [0.1, 0.15) is 26.3 Å². The van der Waals surface area contributed by atoms with E-state index in [1.807, 2.05) is 33.0 Å². The summed E-state index contributed by atoms with van der Waals surface area (Å²) in [6, 6.07) is 4.77. The maximum atomic E-state index is 13.3. The predicted molar refractivity (Wildman–Crippen MR) is 164 cm³/mol. The molecular weight excluding hydrogens is 595 g/mol. The number of nitrogens with two attached hydrogens (primary N) is 2. The third-order valence-electron chi connectivity index (χ3n) is 7.45. The first-order valence-corrected chi connectivity index (χ1v) is 14.7. The number of fused-ring (bicyclic) bond motifs is 1. The molecule has 1 aromatic carbocycles. The normalized spacial score (nSPS) is 21.6. The van der Waals surface area contributed by atoms with Gasteiger partial charge < -0.3 is 36.1 Å². The van der Waals surface area contributed by atoms with E-state index in [0.717, 1.165) is 0 Å². The lowest BCUT2D eigenvalue weighted by Crippen LogP contribution is -2.44. The molecule has 1 saturated heterocycles. The summed E-state index contributed by atoms with van der Waals surface area (Å²) in [4.78, 5) is 33.5. The molecule has 5 rings (SSSR count). The number of urea groups is 1. The molecule has 2 aromatic rings. The number of halogens is 2. The molecule has 2 aliphatic heterocycles. The van der Waals surface area contributed by atoms with Gasteiger partial charge in [0.2, 0.25) is 0 Å². The Kier molecular flexibility index (Phi) is 8.53. The number of nitrogens with one attached hydrogen (secondary N) is 1. The molecule has 1 saturated carbocycles. The minimum Gasteiger partial charge on any atom is -0.491 e. The Morgan fingerprint density at radius 1 is 1.19 bits per heavy atom. The molecular formula is C29H36Cl2N8O4. The zero-order valence-electron chi connectivity index (χ0n) is 24.3. The number of carbonyl (C=O) groups is 2. The zero-order chi connectivity index (χ0) is 31.1. The van der Waals surface area contributed by atoms with E-state index in [1.165, 1.54) is 0 Å². The van der Waals surface area contributed by atoms with E-state index >= 15 is 0 Å². The summed E-state index contributed by atoms with van der Waals surface area (Å²) >= 11 is 13.0. The predicted octanol–water partition coefficient (Wildman–Crippen LogP) is 3.59. The average molecular weight is 632 g/mol. The van der Waals surface area contributed by atoms with Crippen molar-refractivity contribution in [1.82, 2.24) is 24.9 Å². The van der Waals surface area contributed by atoms with Crippen molar-refractivity contribution >= 4 is 41.0 Å². The Morgan fingerprint density at radius 2 is 1.91 bits per heavy atom. The minimum absolute atomic E-state index is 0.0195. The van der Waals surface area contributed by atoms with Crippen LogP contribution in [0.25, 0.3) is 0 Å². The lowest BCUT2D eigenvalue weighted by atomic mass is 10.0. The molecule has 1 aliphatic carbocycles. The van der Waals surface area contributed by atoms with E-state index in [2.05, 4.69) is 22.0 Å². The van der Waals surface area contributed by atoms with Crippen LogP contribution in [0.15, 0.2) is 59.3 Å². The molecule has 3 aliphatic rings. The van der Waals surface area contributed by atoms with Crippen molar-refractivity contribution < 1.29 is 19.1 Å². The van der Waals surface area contributed by atoms with E-state index in [-0.39, 0.29) is 60.5 Å². The lowest BCUT2D eigenvalue weighted by molar-refractivity contribution is 0.0270. The van der Waals surface area contributed by atoms with E-state index in [0.29, 0.717) is 53.0 Å². The highest BCUT2D eigenvalue weighted by molar-refractivity contribution is 6.38. The second-order valence-electron chi connectivity index (χ2n) is 11.9. The second kappa shape index (κ2) is 12.0. The van der Waals surface area contributed by atoms with Gasteiger partial charge in [-0.3, -0.25) is 4.68 Å². The van der Waals surface area contributed by atoms with Gasteiger partial charge in [-0.25, -0.2) is 14.6 Å². The molecule has 43 heavy (non-hydrogen) atoms. The molecule has 3 amide bonds. The molecule has 0 radical (unpaired) electrons.